The lowest BCUT2D eigenvalue weighted by Crippen LogP contribution is -2.52. The van der Waals surface area contributed by atoms with Gasteiger partial charge in [-0.15, -0.1) is 0 Å². The Morgan fingerprint density at radius 3 is 2.85 bits per heavy atom. The van der Waals surface area contributed by atoms with Crippen LogP contribution in [0.3, 0.4) is 0 Å². The number of carbonyl (C=O) groups is 1. The number of rotatable bonds is 3. The zero-order valence-corrected chi connectivity index (χ0v) is 15.3. The van der Waals surface area contributed by atoms with Crippen LogP contribution in [-0.4, -0.2) is 48.7 Å². The van der Waals surface area contributed by atoms with E-state index >= 15 is 0 Å². The van der Waals surface area contributed by atoms with Crippen molar-refractivity contribution in [1.82, 2.24) is 15.2 Å². The smallest absolute Gasteiger partial charge is 0.317 e. The molecule has 142 valence electrons. The number of piperazine rings is 1. The SMILES string of the molecule is CC(NC(=O)N1CCN(c2ccncc2F)CC1)c1cccc2c1CCO2. The fourth-order valence-electron chi connectivity index (χ4n) is 3.78. The number of hydrogen-bond donors (Lipinski definition) is 1. The van der Waals surface area contributed by atoms with Gasteiger partial charge in [-0.3, -0.25) is 4.98 Å². The number of amides is 2. The first-order valence-electron chi connectivity index (χ1n) is 9.28. The van der Waals surface area contributed by atoms with Crippen LogP contribution in [0.1, 0.15) is 24.1 Å². The van der Waals surface area contributed by atoms with Crippen LogP contribution < -0.4 is 15.0 Å². The normalized spacial score (nSPS) is 17.3. The number of aromatic nitrogens is 1. The molecule has 2 amide bonds. The lowest BCUT2D eigenvalue weighted by molar-refractivity contribution is 0.191. The molecule has 0 aliphatic carbocycles. The molecule has 1 unspecified atom stereocenters. The van der Waals surface area contributed by atoms with E-state index in [1.807, 2.05) is 30.0 Å². The monoisotopic (exact) mass is 370 g/mol. The molecule has 2 aromatic rings. The Bertz CT molecular complexity index is 836. The summed E-state index contributed by atoms with van der Waals surface area (Å²) in [5.41, 5.74) is 2.83. The number of pyridine rings is 1. The Hall–Kier alpha value is -2.83. The summed E-state index contributed by atoms with van der Waals surface area (Å²) in [6.07, 6.45) is 3.68. The molecular formula is C20H23FN4O2. The van der Waals surface area contributed by atoms with Crippen molar-refractivity contribution in [2.24, 2.45) is 0 Å². The van der Waals surface area contributed by atoms with Gasteiger partial charge < -0.3 is 19.9 Å². The van der Waals surface area contributed by atoms with E-state index in [1.54, 1.807) is 17.2 Å². The Labute approximate surface area is 157 Å². The molecule has 2 aliphatic heterocycles. The van der Waals surface area contributed by atoms with Gasteiger partial charge in [0.25, 0.3) is 0 Å². The number of nitrogens with one attached hydrogen (secondary N) is 1. The summed E-state index contributed by atoms with van der Waals surface area (Å²) >= 11 is 0. The number of halogens is 1. The van der Waals surface area contributed by atoms with Crippen LogP contribution in [0, 0.1) is 5.82 Å². The number of anilines is 1. The average Bonchev–Trinajstić information content (AvgIpc) is 3.17. The summed E-state index contributed by atoms with van der Waals surface area (Å²) in [4.78, 5) is 20.2. The van der Waals surface area contributed by atoms with E-state index in [2.05, 4.69) is 10.3 Å². The maximum Gasteiger partial charge on any atom is 0.317 e. The second kappa shape index (κ2) is 7.42. The molecule has 1 aromatic heterocycles. The highest BCUT2D eigenvalue weighted by atomic mass is 19.1. The Balaban J connectivity index is 1.36. The van der Waals surface area contributed by atoms with Gasteiger partial charge in [0.2, 0.25) is 0 Å². The van der Waals surface area contributed by atoms with Crippen molar-refractivity contribution < 1.29 is 13.9 Å². The van der Waals surface area contributed by atoms with E-state index in [-0.39, 0.29) is 17.9 Å². The molecule has 3 heterocycles. The summed E-state index contributed by atoms with van der Waals surface area (Å²) in [6, 6.07) is 7.47. The Morgan fingerprint density at radius 2 is 2.07 bits per heavy atom. The first-order chi connectivity index (χ1) is 13.1. The van der Waals surface area contributed by atoms with E-state index in [0.29, 0.717) is 38.5 Å². The highest BCUT2D eigenvalue weighted by Crippen LogP contribution is 2.31. The molecule has 0 radical (unpaired) electrons. The van der Waals surface area contributed by atoms with E-state index in [4.69, 9.17) is 4.74 Å². The van der Waals surface area contributed by atoms with Crippen molar-refractivity contribution in [2.75, 3.05) is 37.7 Å². The first-order valence-corrected chi connectivity index (χ1v) is 9.28. The predicted molar refractivity (Wildman–Crippen MR) is 101 cm³/mol. The average molecular weight is 370 g/mol. The fourth-order valence-corrected chi connectivity index (χ4v) is 3.78. The van der Waals surface area contributed by atoms with Crippen LogP contribution in [0.4, 0.5) is 14.9 Å². The van der Waals surface area contributed by atoms with Gasteiger partial charge in [-0.1, -0.05) is 12.1 Å². The lowest BCUT2D eigenvalue weighted by atomic mass is 9.99. The van der Waals surface area contributed by atoms with Gasteiger partial charge in [0.05, 0.1) is 24.5 Å². The van der Waals surface area contributed by atoms with Crippen molar-refractivity contribution in [1.29, 1.82) is 0 Å². The molecule has 1 N–H and O–H groups in total. The zero-order valence-electron chi connectivity index (χ0n) is 15.3. The standard InChI is InChI=1S/C20H23FN4O2/c1-14(15-3-2-4-19-16(15)6-12-27-19)23-20(26)25-10-8-24(9-11-25)18-5-7-22-13-17(18)21/h2-5,7,13-14H,6,8-12H2,1H3,(H,23,26). The molecule has 0 bridgehead atoms. The number of urea groups is 1. The van der Waals surface area contributed by atoms with Crippen LogP contribution >= 0.6 is 0 Å². The van der Waals surface area contributed by atoms with Crippen LogP contribution in [0.5, 0.6) is 5.75 Å². The molecule has 2 aliphatic rings. The number of fused-ring (bicyclic) bond motifs is 1. The largest absolute Gasteiger partial charge is 0.493 e. The van der Waals surface area contributed by atoms with Crippen molar-refractivity contribution in [3.8, 4) is 5.75 Å². The second-order valence-corrected chi connectivity index (χ2v) is 6.89. The minimum absolute atomic E-state index is 0.0890. The molecule has 6 nitrogen and oxygen atoms in total. The third kappa shape index (κ3) is 3.54. The lowest BCUT2D eigenvalue weighted by Gasteiger charge is -2.36. The number of hydrogen-bond acceptors (Lipinski definition) is 4. The molecule has 0 saturated carbocycles. The second-order valence-electron chi connectivity index (χ2n) is 6.89. The van der Waals surface area contributed by atoms with Crippen LogP contribution in [-0.2, 0) is 6.42 Å². The Morgan fingerprint density at radius 1 is 1.26 bits per heavy atom. The summed E-state index contributed by atoms with van der Waals surface area (Å²) in [7, 11) is 0. The highest BCUT2D eigenvalue weighted by molar-refractivity contribution is 5.75. The maximum absolute atomic E-state index is 13.9. The van der Waals surface area contributed by atoms with Gasteiger partial charge >= 0.3 is 6.03 Å². The van der Waals surface area contributed by atoms with Crippen molar-refractivity contribution in [3.63, 3.8) is 0 Å². The van der Waals surface area contributed by atoms with Gasteiger partial charge in [0.15, 0.2) is 5.82 Å². The predicted octanol–water partition coefficient (Wildman–Crippen LogP) is 2.75. The minimum atomic E-state index is -0.329. The number of ether oxygens (including phenoxy) is 1. The maximum atomic E-state index is 13.9. The molecule has 1 saturated heterocycles. The minimum Gasteiger partial charge on any atom is -0.493 e. The van der Waals surface area contributed by atoms with Crippen LogP contribution in [0.15, 0.2) is 36.7 Å². The van der Waals surface area contributed by atoms with Crippen molar-refractivity contribution in [2.45, 2.75) is 19.4 Å². The highest BCUT2D eigenvalue weighted by Gasteiger charge is 2.25. The van der Waals surface area contributed by atoms with Gasteiger partial charge in [-0.2, -0.15) is 0 Å². The molecule has 1 fully saturated rings. The summed E-state index contributed by atoms with van der Waals surface area (Å²) in [6.45, 7) is 4.98. The molecular weight excluding hydrogens is 347 g/mol. The van der Waals surface area contributed by atoms with Crippen molar-refractivity contribution in [3.05, 3.63) is 53.6 Å². The number of carbonyl (C=O) groups excluding carboxylic acids is 1. The Kier molecular flexibility index (Phi) is 4.83. The molecule has 0 spiro atoms. The van der Waals surface area contributed by atoms with Gasteiger partial charge in [-0.05, 0) is 24.6 Å². The molecule has 1 atom stereocenters. The topological polar surface area (TPSA) is 57.7 Å². The van der Waals surface area contributed by atoms with E-state index in [0.717, 1.165) is 17.7 Å². The first kappa shape index (κ1) is 17.6. The number of nitrogens with zero attached hydrogens (tertiary/aromatic N) is 3. The molecule has 4 rings (SSSR count). The fraction of sp³-hybridized carbons (Fsp3) is 0.400. The summed E-state index contributed by atoms with van der Waals surface area (Å²) < 4.78 is 19.5. The summed E-state index contributed by atoms with van der Waals surface area (Å²) in [5.74, 6) is 0.589. The van der Waals surface area contributed by atoms with Crippen LogP contribution in [0.25, 0.3) is 0 Å². The van der Waals surface area contributed by atoms with Crippen molar-refractivity contribution >= 4 is 11.7 Å². The van der Waals surface area contributed by atoms with E-state index < -0.39 is 0 Å². The quantitative estimate of drug-likeness (QED) is 0.903. The van der Waals surface area contributed by atoms with E-state index in [1.165, 1.54) is 11.8 Å². The van der Waals surface area contributed by atoms with Gasteiger partial charge in [0.1, 0.15) is 5.75 Å². The zero-order chi connectivity index (χ0) is 18.8. The van der Waals surface area contributed by atoms with Gasteiger partial charge in [-0.25, -0.2) is 9.18 Å². The third-order valence-electron chi connectivity index (χ3n) is 5.24. The summed E-state index contributed by atoms with van der Waals surface area (Å²) in [5, 5.41) is 3.09. The molecule has 7 heteroatoms. The molecule has 27 heavy (non-hydrogen) atoms. The molecule has 1 aromatic carbocycles. The van der Waals surface area contributed by atoms with E-state index in [9.17, 15) is 9.18 Å². The van der Waals surface area contributed by atoms with Gasteiger partial charge in [0, 0.05) is 44.4 Å². The third-order valence-corrected chi connectivity index (χ3v) is 5.24. The van der Waals surface area contributed by atoms with Crippen LogP contribution in [0.2, 0.25) is 0 Å². The number of benzene rings is 1.